The van der Waals surface area contributed by atoms with E-state index in [1.54, 1.807) is 0 Å². The van der Waals surface area contributed by atoms with Crippen LogP contribution < -0.4 is 5.32 Å². The van der Waals surface area contributed by atoms with Crippen molar-refractivity contribution >= 4 is 11.6 Å². The molecule has 0 spiro atoms. The fourth-order valence-corrected chi connectivity index (χ4v) is 2.83. The molecular weight excluding hydrogens is 236 g/mol. The molecule has 1 aromatic carbocycles. The van der Waals surface area contributed by atoms with E-state index in [4.69, 9.17) is 0 Å². The number of fused-ring (bicyclic) bond motifs is 1. The first-order valence-electron chi connectivity index (χ1n) is 7.44. The lowest BCUT2D eigenvalue weighted by Gasteiger charge is -2.25. The van der Waals surface area contributed by atoms with Crippen molar-refractivity contribution in [3.8, 4) is 0 Å². The van der Waals surface area contributed by atoms with Gasteiger partial charge < -0.3 is 10.2 Å². The maximum atomic E-state index is 12.7. The van der Waals surface area contributed by atoms with Crippen molar-refractivity contribution in [2.45, 2.75) is 51.1 Å². The van der Waals surface area contributed by atoms with E-state index in [0.717, 1.165) is 31.5 Å². The van der Waals surface area contributed by atoms with Crippen LogP contribution in [0.5, 0.6) is 0 Å². The summed E-state index contributed by atoms with van der Waals surface area (Å²) in [4.78, 5) is 14.8. The summed E-state index contributed by atoms with van der Waals surface area (Å²) in [5, 5.41) is 3.38. The summed E-state index contributed by atoms with van der Waals surface area (Å²) in [6.45, 7) is 3.10. The van der Waals surface area contributed by atoms with Crippen molar-refractivity contribution < 1.29 is 4.79 Å². The van der Waals surface area contributed by atoms with E-state index in [-0.39, 0.29) is 6.04 Å². The first-order chi connectivity index (χ1) is 9.29. The predicted octanol–water partition coefficient (Wildman–Crippen LogP) is 2.81. The second-order valence-corrected chi connectivity index (χ2v) is 5.67. The van der Waals surface area contributed by atoms with Crippen LogP contribution in [0.3, 0.4) is 0 Å². The van der Waals surface area contributed by atoms with Crippen LogP contribution in [-0.2, 0) is 11.2 Å². The van der Waals surface area contributed by atoms with Crippen molar-refractivity contribution in [2.24, 2.45) is 0 Å². The van der Waals surface area contributed by atoms with Gasteiger partial charge in [0.15, 0.2) is 0 Å². The minimum absolute atomic E-state index is 0.0464. The zero-order valence-corrected chi connectivity index (χ0v) is 11.6. The normalized spacial score (nSPS) is 20.8. The Morgan fingerprint density at radius 3 is 2.84 bits per heavy atom. The van der Waals surface area contributed by atoms with E-state index in [0.29, 0.717) is 11.9 Å². The largest absolute Gasteiger partial charge is 0.373 e. The van der Waals surface area contributed by atoms with E-state index < -0.39 is 0 Å². The van der Waals surface area contributed by atoms with Crippen LogP contribution in [0, 0.1) is 0 Å². The third-order valence-corrected chi connectivity index (χ3v) is 4.09. The number of anilines is 1. The molecule has 3 rings (SSSR count). The van der Waals surface area contributed by atoms with Gasteiger partial charge >= 0.3 is 0 Å². The van der Waals surface area contributed by atoms with Crippen molar-refractivity contribution in [3.63, 3.8) is 0 Å². The molecule has 1 aliphatic carbocycles. The highest BCUT2D eigenvalue weighted by molar-refractivity contribution is 5.87. The summed E-state index contributed by atoms with van der Waals surface area (Å²) in [7, 11) is 0. The molecule has 0 saturated heterocycles. The molecule has 102 valence electrons. The lowest BCUT2D eigenvalue weighted by molar-refractivity contribution is -0.132. The van der Waals surface area contributed by atoms with Gasteiger partial charge in [-0.15, -0.1) is 0 Å². The molecule has 1 aliphatic heterocycles. The van der Waals surface area contributed by atoms with E-state index in [9.17, 15) is 4.79 Å². The number of amides is 1. The van der Waals surface area contributed by atoms with E-state index in [1.807, 2.05) is 12.1 Å². The number of nitrogens with one attached hydrogen (secondary N) is 1. The number of nitrogens with zero attached hydrogens (tertiary/aromatic N) is 1. The lowest BCUT2D eigenvalue weighted by atomic mass is 10.1. The van der Waals surface area contributed by atoms with Crippen LogP contribution in [0.25, 0.3) is 0 Å². The molecule has 0 radical (unpaired) electrons. The third kappa shape index (κ3) is 2.60. The van der Waals surface area contributed by atoms with Crippen LogP contribution in [0.1, 0.15) is 38.2 Å². The molecule has 1 unspecified atom stereocenters. The minimum Gasteiger partial charge on any atom is -0.373 e. The number of carbonyl (C=O) groups is 1. The quantitative estimate of drug-likeness (QED) is 0.880. The number of hydrogen-bond acceptors (Lipinski definition) is 2. The molecule has 2 aliphatic rings. The smallest absolute Gasteiger partial charge is 0.245 e. The van der Waals surface area contributed by atoms with Crippen LogP contribution in [0.4, 0.5) is 5.69 Å². The zero-order chi connectivity index (χ0) is 13.2. The van der Waals surface area contributed by atoms with Crippen LogP contribution >= 0.6 is 0 Å². The fourth-order valence-electron chi connectivity index (χ4n) is 2.83. The predicted molar refractivity (Wildman–Crippen MR) is 77.2 cm³/mol. The van der Waals surface area contributed by atoms with Crippen molar-refractivity contribution in [1.82, 2.24) is 4.90 Å². The maximum absolute atomic E-state index is 12.7. The summed E-state index contributed by atoms with van der Waals surface area (Å²) >= 11 is 0. The Kier molecular flexibility index (Phi) is 3.45. The molecule has 19 heavy (non-hydrogen) atoms. The van der Waals surface area contributed by atoms with Gasteiger partial charge in [-0.25, -0.2) is 0 Å². The summed E-state index contributed by atoms with van der Waals surface area (Å²) in [6.07, 6.45) is 5.48. The number of hydrogen-bond donors (Lipinski definition) is 1. The van der Waals surface area contributed by atoms with Gasteiger partial charge in [-0.1, -0.05) is 31.5 Å². The van der Waals surface area contributed by atoms with Gasteiger partial charge in [0.25, 0.3) is 0 Å². The van der Waals surface area contributed by atoms with Gasteiger partial charge in [-0.3, -0.25) is 4.79 Å². The Morgan fingerprint density at radius 1 is 1.37 bits per heavy atom. The summed E-state index contributed by atoms with van der Waals surface area (Å²) in [6, 6.07) is 8.72. The Balaban J connectivity index is 1.67. The number of rotatable bonds is 5. The molecule has 0 bridgehead atoms. The van der Waals surface area contributed by atoms with E-state index in [2.05, 4.69) is 29.3 Å². The SMILES string of the molecule is CCCCN(C(=O)C1Cc2ccccc2N1)C1CC1. The minimum atomic E-state index is -0.0464. The average Bonchev–Trinajstić information content (AvgIpc) is 3.17. The lowest BCUT2D eigenvalue weighted by Crippen LogP contribution is -2.43. The second-order valence-electron chi connectivity index (χ2n) is 5.67. The Labute approximate surface area is 115 Å². The van der Waals surface area contributed by atoms with E-state index in [1.165, 1.54) is 18.4 Å². The van der Waals surface area contributed by atoms with Gasteiger partial charge in [-0.05, 0) is 30.9 Å². The highest BCUT2D eigenvalue weighted by atomic mass is 16.2. The molecule has 3 heteroatoms. The average molecular weight is 258 g/mol. The van der Waals surface area contributed by atoms with E-state index >= 15 is 0 Å². The molecule has 1 heterocycles. The molecular formula is C16H22N2O. The van der Waals surface area contributed by atoms with Crippen molar-refractivity contribution in [2.75, 3.05) is 11.9 Å². The molecule has 1 amide bonds. The zero-order valence-electron chi connectivity index (χ0n) is 11.6. The molecule has 1 fully saturated rings. The van der Waals surface area contributed by atoms with Crippen molar-refractivity contribution in [3.05, 3.63) is 29.8 Å². The van der Waals surface area contributed by atoms with Crippen molar-refractivity contribution in [1.29, 1.82) is 0 Å². The molecule has 1 aromatic rings. The van der Waals surface area contributed by atoms with Gasteiger partial charge in [0.1, 0.15) is 6.04 Å². The first kappa shape index (κ1) is 12.5. The van der Waals surface area contributed by atoms with Crippen LogP contribution in [-0.4, -0.2) is 29.4 Å². The Bertz CT molecular complexity index is 443. The number of para-hydroxylation sites is 1. The Hall–Kier alpha value is -1.51. The standard InChI is InChI=1S/C16H22N2O/c1-2-3-10-18(13-8-9-13)16(19)15-11-12-6-4-5-7-14(12)17-15/h4-7,13,15,17H,2-3,8-11H2,1H3. The van der Waals surface area contributed by atoms with Crippen LogP contribution in [0.15, 0.2) is 24.3 Å². The number of benzene rings is 1. The molecule has 1 atom stereocenters. The highest BCUT2D eigenvalue weighted by Gasteiger charge is 2.37. The molecule has 0 aromatic heterocycles. The number of unbranched alkanes of at least 4 members (excludes halogenated alkanes) is 1. The second kappa shape index (κ2) is 5.24. The van der Waals surface area contributed by atoms with Gasteiger partial charge in [-0.2, -0.15) is 0 Å². The topological polar surface area (TPSA) is 32.3 Å². The molecule has 1 saturated carbocycles. The monoisotopic (exact) mass is 258 g/mol. The van der Waals surface area contributed by atoms with Gasteiger partial charge in [0.2, 0.25) is 5.91 Å². The third-order valence-electron chi connectivity index (χ3n) is 4.09. The first-order valence-corrected chi connectivity index (χ1v) is 7.44. The highest BCUT2D eigenvalue weighted by Crippen LogP contribution is 2.31. The fraction of sp³-hybridized carbons (Fsp3) is 0.562. The Morgan fingerprint density at radius 2 is 2.16 bits per heavy atom. The van der Waals surface area contributed by atoms with Gasteiger partial charge in [0.05, 0.1) is 0 Å². The van der Waals surface area contributed by atoms with Crippen LogP contribution in [0.2, 0.25) is 0 Å². The molecule has 1 N–H and O–H groups in total. The summed E-state index contributed by atoms with van der Waals surface area (Å²) in [5.41, 5.74) is 2.40. The summed E-state index contributed by atoms with van der Waals surface area (Å²) in [5.74, 6) is 0.298. The van der Waals surface area contributed by atoms with Gasteiger partial charge in [0, 0.05) is 24.7 Å². The molecule has 3 nitrogen and oxygen atoms in total. The number of carbonyl (C=O) groups excluding carboxylic acids is 1. The maximum Gasteiger partial charge on any atom is 0.245 e. The summed E-state index contributed by atoms with van der Waals surface area (Å²) < 4.78 is 0.